The Morgan fingerprint density at radius 2 is 2.00 bits per heavy atom. The van der Waals surface area contributed by atoms with Crippen LogP contribution < -0.4 is 5.32 Å². The molecule has 0 unspecified atom stereocenters. The number of aryl methyl sites for hydroxylation is 2. The number of aromatic nitrogens is 4. The summed E-state index contributed by atoms with van der Waals surface area (Å²) in [5, 5.41) is 3.87. The second-order valence-electron chi connectivity index (χ2n) is 6.73. The van der Waals surface area contributed by atoms with Gasteiger partial charge in [-0.3, -0.25) is 10.1 Å². The van der Waals surface area contributed by atoms with Crippen LogP contribution in [0.25, 0.3) is 21.3 Å². The van der Waals surface area contributed by atoms with Crippen molar-refractivity contribution in [2.75, 3.05) is 5.32 Å². The van der Waals surface area contributed by atoms with E-state index in [0.29, 0.717) is 16.7 Å². The van der Waals surface area contributed by atoms with Crippen LogP contribution in [-0.4, -0.2) is 25.8 Å². The van der Waals surface area contributed by atoms with Crippen LogP contribution in [0.1, 0.15) is 45.5 Å². The van der Waals surface area contributed by atoms with Crippen LogP contribution in [0.2, 0.25) is 0 Å². The standard InChI is InChI=1S/C19H17N5OS/c1-9-14-10(2)20-16(11-7-8-11)23-18(14)26-15(9)17(25)24-19-21-12-5-3-4-6-13(12)22-19/h3-6,11H,7-8H2,1-2H3,(H2,21,22,24,25). The van der Waals surface area contributed by atoms with Crippen molar-refractivity contribution in [2.45, 2.75) is 32.6 Å². The molecule has 3 heterocycles. The van der Waals surface area contributed by atoms with Crippen molar-refractivity contribution in [1.29, 1.82) is 0 Å². The summed E-state index contributed by atoms with van der Waals surface area (Å²) in [6.07, 6.45) is 2.32. The molecule has 26 heavy (non-hydrogen) atoms. The monoisotopic (exact) mass is 363 g/mol. The molecule has 1 saturated carbocycles. The van der Waals surface area contributed by atoms with Crippen LogP contribution in [0.15, 0.2) is 24.3 Å². The number of H-pyrrole nitrogens is 1. The molecule has 1 fully saturated rings. The van der Waals surface area contributed by atoms with E-state index in [9.17, 15) is 4.79 Å². The summed E-state index contributed by atoms with van der Waals surface area (Å²) in [4.78, 5) is 31.3. The Morgan fingerprint density at radius 1 is 1.19 bits per heavy atom. The molecule has 1 aromatic carbocycles. The van der Waals surface area contributed by atoms with Crippen LogP contribution in [0.4, 0.5) is 5.95 Å². The molecule has 0 saturated heterocycles. The van der Waals surface area contributed by atoms with Gasteiger partial charge in [0.15, 0.2) is 0 Å². The van der Waals surface area contributed by atoms with Crippen molar-refractivity contribution in [3.05, 3.63) is 46.2 Å². The third-order valence-electron chi connectivity index (χ3n) is 4.76. The van der Waals surface area contributed by atoms with E-state index in [0.717, 1.165) is 51.2 Å². The molecule has 1 amide bonds. The zero-order chi connectivity index (χ0) is 17.8. The van der Waals surface area contributed by atoms with E-state index in [1.54, 1.807) is 0 Å². The van der Waals surface area contributed by atoms with Crippen molar-refractivity contribution in [1.82, 2.24) is 19.9 Å². The van der Waals surface area contributed by atoms with E-state index < -0.39 is 0 Å². The number of para-hydroxylation sites is 2. The third kappa shape index (κ3) is 2.47. The van der Waals surface area contributed by atoms with Crippen LogP contribution >= 0.6 is 11.3 Å². The summed E-state index contributed by atoms with van der Waals surface area (Å²) in [5.74, 6) is 1.69. The second kappa shape index (κ2) is 5.60. The highest BCUT2D eigenvalue weighted by molar-refractivity contribution is 7.20. The van der Waals surface area contributed by atoms with E-state index >= 15 is 0 Å². The van der Waals surface area contributed by atoms with Gasteiger partial charge in [0.1, 0.15) is 10.7 Å². The lowest BCUT2D eigenvalue weighted by atomic mass is 10.1. The fourth-order valence-electron chi connectivity index (χ4n) is 3.28. The van der Waals surface area contributed by atoms with Gasteiger partial charge in [-0.05, 0) is 44.4 Å². The number of hydrogen-bond acceptors (Lipinski definition) is 5. The van der Waals surface area contributed by atoms with Crippen molar-refractivity contribution >= 4 is 44.4 Å². The highest BCUT2D eigenvalue weighted by Gasteiger charge is 2.28. The van der Waals surface area contributed by atoms with Crippen LogP contribution in [0.5, 0.6) is 0 Å². The first-order chi connectivity index (χ1) is 12.6. The number of carbonyl (C=O) groups excluding carboxylic acids is 1. The molecule has 1 aliphatic rings. The highest BCUT2D eigenvalue weighted by Crippen LogP contribution is 2.40. The normalized spacial score (nSPS) is 14.2. The average molecular weight is 363 g/mol. The molecule has 6 nitrogen and oxygen atoms in total. The topological polar surface area (TPSA) is 83.6 Å². The molecule has 4 aromatic rings. The summed E-state index contributed by atoms with van der Waals surface area (Å²) in [6.45, 7) is 3.95. The molecule has 0 spiro atoms. The van der Waals surface area contributed by atoms with Crippen LogP contribution in [-0.2, 0) is 0 Å². The summed E-state index contributed by atoms with van der Waals surface area (Å²) in [6, 6.07) is 7.69. The molecule has 7 heteroatoms. The zero-order valence-corrected chi connectivity index (χ0v) is 15.3. The Labute approximate surface area is 153 Å². The van der Waals surface area contributed by atoms with Crippen molar-refractivity contribution < 1.29 is 4.79 Å². The van der Waals surface area contributed by atoms with Crippen molar-refractivity contribution in [2.24, 2.45) is 0 Å². The van der Waals surface area contributed by atoms with E-state index in [1.807, 2.05) is 38.1 Å². The molecule has 130 valence electrons. The summed E-state index contributed by atoms with van der Waals surface area (Å²) in [5.41, 5.74) is 3.60. The molecule has 2 N–H and O–H groups in total. The molecule has 1 aliphatic carbocycles. The zero-order valence-electron chi connectivity index (χ0n) is 14.5. The van der Waals surface area contributed by atoms with Gasteiger partial charge in [-0.15, -0.1) is 11.3 Å². The van der Waals surface area contributed by atoms with Gasteiger partial charge in [-0.25, -0.2) is 15.0 Å². The van der Waals surface area contributed by atoms with Crippen LogP contribution in [0, 0.1) is 13.8 Å². The first-order valence-corrected chi connectivity index (χ1v) is 9.45. The molecule has 0 aliphatic heterocycles. The number of benzene rings is 1. The highest BCUT2D eigenvalue weighted by atomic mass is 32.1. The number of imidazole rings is 1. The number of nitrogens with one attached hydrogen (secondary N) is 2. The SMILES string of the molecule is Cc1nc(C2CC2)nc2sc(C(=O)Nc3nc4ccccc4[nH]3)c(C)c12. The summed E-state index contributed by atoms with van der Waals surface area (Å²) >= 11 is 1.43. The maximum atomic E-state index is 12.8. The Hall–Kier alpha value is -2.80. The Bertz CT molecular complexity index is 1140. The molecular formula is C19H17N5OS. The molecule has 0 bridgehead atoms. The lowest BCUT2D eigenvalue weighted by molar-refractivity contribution is 0.102. The minimum Gasteiger partial charge on any atom is -0.324 e. The number of nitrogens with zero attached hydrogens (tertiary/aromatic N) is 3. The third-order valence-corrected chi connectivity index (χ3v) is 5.94. The number of aromatic amines is 1. The van der Waals surface area contributed by atoms with Gasteiger partial charge in [0.05, 0.1) is 21.6 Å². The van der Waals surface area contributed by atoms with Crippen LogP contribution in [0.3, 0.4) is 0 Å². The number of amides is 1. The van der Waals surface area contributed by atoms with Gasteiger partial charge in [-0.1, -0.05) is 12.1 Å². The van der Waals surface area contributed by atoms with E-state index in [1.165, 1.54) is 11.3 Å². The minimum atomic E-state index is -0.170. The van der Waals surface area contributed by atoms with E-state index in [-0.39, 0.29) is 5.91 Å². The van der Waals surface area contributed by atoms with Gasteiger partial charge in [-0.2, -0.15) is 0 Å². The van der Waals surface area contributed by atoms with Gasteiger partial charge in [0.25, 0.3) is 5.91 Å². The average Bonchev–Trinajstić information content (AvgIpc) is 3.30. The smallest absolute Gasteiger partial charge is 0.268 e. The fraction of sp³-hybridized carbons (Fsp3) is 0.263. The van der Waals surface area contributed by atoms with Gasteiger partial charge < -0.3 is 4.98 Å². The number of hydrogen-bond donors (Lipinski definition) is 2. The molecule has 0 atom stereocenters. The lowest BCUT2D eigenvalue weighted by Crippen LogP contribution is -2.12. The first kappa shape index (κ1) is 15.5. The Morgan fingerprint density at radius 3 is 2.77 bits per heavy atom. The second-order valence-corrected chi connectivity index (χ2v) is 7.73. The van der Waals surface area contributed by atoms with E-state index in [2.05, 4.69) is 20.3 Å². The number of fused-ring (bicyclic) bond motifs is 2. The number of anilines is 1. The predicted octanol–water partition coefficient (Wildman–Crippen LogP) is 4.31. The van der Waals surface area contributed by atoms with Gasteiger partial charge in [0, 0.05) is 11.3 Å². The number of rotatable bonds is 3. The Kier molecular flexibility index (Phi) is 3.33. The largest absolute Gasteiger partial charge is 0.324 e. The predicted molar refractivity (Wildman–Crippen MR) is 103 cm³/mol. The fourth-order valence-corrected chi connectivity index (χ4v) is 4.41. The molecule has 3 aromatic heterocycles. The maximum absolute atomic E-state index is 12.8. The summed E-state index contributed by atoms with van der Waals surface area (Å²) in [7, 11) is 0. The lowest BCUT2D eigenvalue weighted by Gasteiger charge is -2.02. The van der Waals surface area contributed by atoms with E-state index in [4.69, 9.17) is 4.98 Å². The Balaban J connectivity index is 1.52. The minimum absolute atomic E-state index is 0.170. The number of thiophene rings is 1. The molecule has 5 rings (SSSR count). The quantitative estimate of drug-likeness (QED) is 0.568. The number of carbonyl (C=O) groups is 1. The molecular weight excluding hydrogens is 346 g/mol. The molecule has 0 radical (unpaired) electrons. The first-order valence-electron chi connectivity index (χ1n) is 8.64. The van der Waals surface area contributed by atoms with Crippen molar-refractivity contribution in [3.63, 3.8) is 0 Å². The summed E-state index contributed by atoms with van der Waals surface area (Å²) < 4.78 is 0. The van der Waals surface area contributed by atoms with Gasteiger partial charge >= 0.3 is 0 Å². The van der Waals surface area contributed by atoms with Gasteiger partial charge in [0.2, 0.25) is 5.95 Å². The van der Waals surface area contributed by atoms with Crippen molar-refractivity contribution in [3.8, 4) is 0 Å². The maximum Gasteiger partial charge on any atom is 0.268 e.